The normalized spacial score (nSPS) is 19.5. The Hall–Kier alpha value is -2.15. The zero-order valence-electron chi connectivity index (χ0n) is 13.9. The summed E-state index contributed by atoms with van der Waals surface area (Å²) in [6.45, 7) is 0. The first-order valence-electron chi connectivity index (χ1n) is 8.07. The number of nitrogens with one attached hydrogen (secondary N) is 1. The number of hydrogen-bond acceptors (Lipinski definition) is 4. The van der Waals surface area contributed by atoms with Gasteiger partial charge < -0.3 is 15.0 Å². The van der Waals surface area contributed by atoms with Gasteiger partial charge in [0, 0.05) is 16.8 Å². The Balaban J connectivity index is 1.79. The minimum atomic E-state index is -0.0551. The van der Waals surface area contributed by atoms with Gasteiger partial charge in [-0.05, 0) is 60.7 Å². The molecule has 0 radical (unpaired) electrons. The number of methoxy groups -OCH3 is 1. The molecule has 0 aliphatic carbocycles. The van der Waals surface area contributed by atoms with Crippen molar-refractivity contribution < 1.29 is 4.74 Å². The van der Waals surface area contributed by atoms with Crippen molar-refractivity contribution in [1.29, 1.82) is 0 Å². The van der Waals surface area contributed by atoms with Crippen molar-refractivity contribution in [3.8, 4) is 5.75 Å². The molecule has 4 nitrogen and oxygen atoms in total. The third-order valence-electron chi connectivity index (χ3n) is 4.33. The molecule has 0 saturated carbocycles. The number of ether oxygens (including phenoxy) is 1. The number of halogens is 1. The molecule has 1 N–H and O–H groups in total. The third kappa shape index (κ3) is 3.16. The zero-order valence-corrected chi connectivity index (χ0v) is 16.3. The molecule has 0 unspecified atom stereocenters. The predicted molar refractivity (Wildman–Crippen MR) is 110 cm³/mol. The van der Waals surface area contributed by atoms with Crippen LogP contribution in [0.5, 0.6) is 5.75 Å². The molecule has 7 heteroatoms. The minimum absolute atomic E-state index is 0.0247. The van der Waals surface area contributed by atoms with Gasteiger partial charge in [-0.15, -0.1) is 11.3 Å². The van der Waals surface area contributed by atoms with Crippen LogP contribution in [0.3, 0.4) is 0 Å². The lowest BCUT2D eigenvalue weighted by molar-refractivity contribution is 0.415. The molecule has 3 aromatic rings. The summed E-state index contributed by atoms with van der Waals surface area (Å²) in [5.74, 6) is 0.809. The van der Waals surface area contributed by atoms with Gasteiger partial charge in [0.15, 0.2) is 5.11 Å². The number of nitrogens with zero attached hydrogens (tertiary/aromatic N) is 2. The molecule has 1 aromatic carbocycles. The fourth-order valence-corrected chi connectivity index (χ4v) is 4.69. The largest absolute Gasteiger partial charge is 0.497 e. The van der Waals surface area contributed by atoms with Crippen molar-refractivity contribution in [2.75, 3.05) is 12.0 Å². The maximum atomic E-state index is 6.22. The summed E-state index contributed by atoms with van der Waals surface area (Å²) in [5.41, 5.74) is 1.94. The predicted octanol–water partition coefficient (Wildman–Crippen LogP) is 4.98. The summed E-state index contributed by atoms with van der Waals surface area (Å²) in [7, 11) is 1.66. The van der Waals surface area contributed by atoms with Gasteiger partial charge in [-0.2, -0.15) is 0 Å². The molecule has 1 fully saturated rings. The van der Waals surface area contributed by atoms with Crippen molar-refractivity contribution in [3.05, 3.63) is 75.7 Å². The highest BCUT2D eigenvalue weighted by atomic mass is 35.5. The van der Waals surface area contributed by atoms with Crippen LogP contribution >= 0.6 is 35.2 Å². The summed E-state index contributed by atoms with van der Waals surface area (Å²) < 4.78 is 6.03. The van der Waals surface area contributed by atoms with E-state index < -0.39 is 0 Å². The molecule has 26 heavy (non-hydrogen) atoms. The van der Waals surface area contributed by atoms with Crippen LogP contribution in [-0.2, 0) is 0 Å². The highest BCUT2D eigenvalue weighted by Gasteiger charge is 2.41. The number of hydrogen-bond donors (Lipinski definition) is 1. The Morgan fingerprint density at radius 2 is 1.96 bits per heavy atom. The van der Waals surface area contributed by atoms with Crippen molar-refractivity contribution in [2.45, 2.75) is 12.1 Å². The van der Waals surface area contributed by atoms with Crippen molar-refractivity contribution >= 4 is 46.0 Å². The fraction of sp³-hybridized carbons (Fsp3) is 0.158. The number of aromatic nitrogens is 1. The molecular formula is C19H16ClN3OS2. The summed E-state index contributed by atoms with van der Waals surface area (Å²) in [6.07, 6.45) is 1.80. The van der Waals surface area contributed by atoms with Crippen LogP contribution in [0.15, 0.2) is 60.8 Å². The average molecular weight is 402 g/mol. The quantitative estimate of drug-likeness (QED) is 0.624. The number of rotatable bonds is 4. The van der Waals surface area contributed by atoms with Crippen molar-refractivity contribution in [1.82, 2.24) is 10.3 Å². The summed E-state index contributed by atoms with van der Waals surface area (Å²) in [6, 6.07) is 17.7. The van der Waals surface area contributed by atoms with E-state index in [1.807, 2.05) is 48.5 Å². The first-order valence-corrected chi connectivity index (χ1v) is 9.67. The molecule has 132 valence electrons. The van der Waals surface area contributed by atoms with Gasteiger partial charge in [-0.1, -0.05) is 17.7 Å². The topological polar surface area (TPSA) is 37.4 Å². The van der Waals surface area contributed by atoms with Crippen LogP contribution in [0.1, 0.15) is 22.7 Å². The van der Waals surface area contributed by atoms with Gasteiger partial charge in [-0.3, -0.25) is 4.98 Å². The molecule has 3 heterocycles. The van der Waals surface area contributed by atoms with E-state index in [4.69, 9.17) is 28.6 Å². The SMILES string of the molecule is COc1ccc(N2C(=S)N[C@@H](c3ccccn3)[C@@H]2c2ccc(Cl)s2)cc1. The molecule has 1 aliphatic heterocycles. The number of thiophene rings is 1. The van der Waals surface area contributed by atoms with Crippen molar-refractivity contribution in [2.24, 2.45) is 0 Å². The Morgan fingerprint density at radius 1 is 1.15 bits per heavy atom. The van der Waals surface area contributed by atoms with Crippen LogP contribution in [0.4, 0.5) is 5.69 Å². The Kier molecular flexibility index (Phi) is 4.80. The van der Waals surface area contributed by atoms with Crippen LogP contribution in [0, 0.1) is 0 Å². The van der Waals surface area contributed by atoms with Gasteiger partial charge in [0.2, 0.25) is 0 Å². The summed E-state index contributed by atoms with van der Waals surface area (Å²) >= 11 is 13.5. The Morgan fingerprint density at radius 3 is 2.58 bits per heavy atom. The standard InChI is InChI=1S/C19H16ClN3OS2/c1-24-13-7-5-12(6-8-13)23-18(15-9-10-16(20)26-15)17(22-19(23)25)14-4-2-3-11-21-14/h2-11,17-18H,1H3,(H,22,25)/t17-,18-/m0/s1. The number of pyridine rings is 1. The smallest absolute Gasteiger partial charge is 0.174 e. The summed E-state index contributed by atoms with van der Waals surface area (Å²) in [5, 5.41) is 4.10. The fourth-order valence-electron chi connectivity index (χ4n) is 3.15. The second-order valence-electron chi connectivity index (χ2n) is 5.84. The zero-order chi connectivity index (χ0) is 18.1. The van der Waals surface area contributed by atoms with Gasteiger partial charge in [0.1, 0.15) is 5.75 Å². The van der Waals surface area contributed by atoms with E-state index >= 15 is 0 Å². The van der Waals surface area contributed by atoms with Gasteiger partial charge in [-0.25, -0.2) is 0 Å². The van der Waals surface area contributed by atoms with E-state index in [9.17, 15) is 0 Å². The van der Waals surface area contributed by atoms with E-state index in [0.717, 1.165) is 26.3 Å². The summed E-state index contributed by atoms with van der Waals surface area (Å²) in [4.78, 5) is 7.79. The van der Waals surface area contributed by atoms with Crippen LogP contribution in [0.25, 0.3) is 0 Å². The number of anilines is 1. The second-order valence-corrected chi connectivity index (χ2v) is 7.97. The molecule has 1 aliphatic rings. The Bertz CT molecular complexity index is 914. The van der Waals surface area contributed by atoms with Crippen LogP contribution in [-0.4, -0.2) is 17.2 Å². The lowest BCUT2D eigenvalue weighted by Gasteiger charge is -2.27. The second kappa shape index (κ2) is 7.23. The molecule has 0 amide bonds. The molecule has 0 bridgehead atoms. The third-order valence-corrected chi connectivity index (χ3v) is 5.95. The number of thiocarbonyl (C=S) groups is 1. The van der Waals surface area contributed by atoms with Gasteiger partial charge in [0.05, 0.1) is 29.2 Å². The van der Waals surface area contributed by atoms with E-state index in [-0.39, 0.29) is 12.1 Å². The maximum absolute atomic E-state index is 6.22. The first-order chi connectivity index (χ1) is 12.7. The lowest BCUT2D eigenvalue weighted by Crippen LogP contribution is -2.28. The van der Waals surface area contributed by atoms with Gasteiger partial charge in [0.25, 0.3) is 0 Å². The molecule has 2 aromatic heterocycles. The van der Waals surface area contributed by atoms with E-state index in [2.05, 4.69) is 21.3 Å². The first kappa shape index (κ1) is 17.3. The van der Waals surface area contributed by atoms with Crippen LogP contribution < -0.4 is 15.0 Å². The van der Waals surface area contributed by atoms with Crippen molar-refractivity contribution in [3.63, 3.8) is 0 Å². The highest BCUT2D eigenvalue weighted by Crippen LogP contribution is 2.44. The molecule has 0 spiro atoms. The van der Waals surface area contributed by atoms with Gasteiger partial charge >= 0.3 is 0 Å². The van der Waals surface area contributed by atoms with E-state index in [1.54, 1.807) is 24.6 Å². The molecular weight excluding hydrogens is 386 g/mol. The monoisotopic (exact) mass is 401 g/mol. The molecule has 2 atom stereocenters. The number of benzene rings is 1. The minimum Gasteiger partial charge on any atom is -0.497 e. The van der Waals surface area contributed by atoms with E-state index in [0.29, 0.717) is 5.11 Å². The highest BCUT2D eigenvalue weighted by molar-refractivity contribution is 7.80. The molecule has 1 saturated heterocycles. The maximum Gasteiger partial charge on any atom is 0.174 e. The van der Waals surface area contributed by atoms with E-state index in [1.165, 1.54) is 0 Å². The Labute approximate surface area is 166 Å². The average Bonchev–Trinajstić information content (AvgIpc) is 3.25. The van der Waals surface area contributed by atoms with Crippen LogP contribution in [0.2, 0.25) is 4.34 Å². The lowest BCUT2D eigenvalue weighted by atomic mass is 10.0. The molecule has 4 rings (SSSR count).